The molecule has 0 radical (unpaired) electrons. The van der Waals surface area contributed by atoms with E-state index < -0.39 is 8.07 Å². The molecule has 0 aliphatic heterocycles. The Bertz CT molecular complexity index is 4010. The first-order valence-corrected chi connectivity index (χ1v) is 30.9. The van der Waals surface area contributed by atoms with E-state index in [1.165, 1.54) is 33.0 Å². The van der Waals surface area contributed by atoms with Crippen LogP contribution in [0.1, 0.15) is 82.6 Å². The van der Waals surface area contributed by atoms with Crippen molar-refractivity contribution < 1.29 is 24.5 Å². The van der Waals surface area contributed by atoms with Gasteiger partial charge in [-0.2, -0.15) is 5.26 Å². The Hall–Kier alpha value is -8.38. The molecule has 0 fully saturated rings. The van der Waals surface area contributed by atoms with Crippen LogP contribution in [-0.2, 0) is 25.5 Å². The van der Waals surface area contributed by atoms with Gasteiger partial charge in [0.15, 0.2) is 0 Å². The zero-order valence-corrected chi connectivity index (χ0v) is 51.0. The van der Waals surface area contributed by atoms with Gasteiger partial charge in [-0.3, -0.25) is 4.98 Å². The fraction of sp³-hybridized carbons (Fsp3) is 0.181. The topological polar surface area (TPSA) is 93.4 Å². The van der Waals surface area contributed by atoms with E-state index in [1.807, 2.05) is 109 Å². The Kier molecular flexibility index (Phi) is 17.4. The predicted molar refractivity (Wildman–Crippen MR) is 333 cm³/mol. The summed E-state index contributed by atoms with van der Waals surface area (Å²) in [5, 5.41) is 12.7. The van der Waals surface area contributed by atoms with Crippen LogP contribution in [0.25, 0.3) is 95.1 Å². The summed E-state index contributed by atoms with van der Waals surface area (Å²) in [4.78, 5) is 19.2. The molecule has 0 unspecified atom stereocenters. The molecule has 12 rings (SSSR count). The summed E-state index contributed by atoms with van der Waals surface area (Å²) in [5.41, 5.74) is 17.7. The van der Waals surface area contributed by atoms with Crippen molar-refractivity contribution in [1.82, 2.24) is 24.5 Å². The number of benzene rings is 7. The van der Waals surface area contributed by atoms with Crippen LogP contribution < -0.4 is 5.19 Å². The Morgan fingerprint density at radius 2 is 1.19 bits per heavy atom. The molecule has 12 aromatic rings. The smallest absolute Gasteiger partial charge is 0.486 e. The molecule has 7 nitrogen and oxygen atoms in total. The third kappa shape index (κ3) is 12.7. The van der Waals surface area contributed by atoms with Crippen LogP contribution >= 0.6 is 0 Å². The Morgan fingerprint density at radius 3 is 1.77 bits per heavy atom. The number of imidazole rings is 1. The van der Waals surface area contributed by atoms with Crippen molar-refractivity contribution in [2.45, 2.75) is 85.4 Å². The van der Waals surface area contributed by atoms with Crippen LogP contribution in [0.2, 0.25) is 19.6 Å². The average Bonchev–Trinajstić information content (AvgIpc) is 3.31. The van der Waals surface area contributed by atoms with Crippen molar-refractivity contribution in [2.75, 3.05) is 0 Å². The summed E-state index contributed by atoms with van der Waals surface area (Å²) in [6.45, 7) is 22.6. The maximum absolute atomic E-state index is 9.43. The molecule has 0 atom stereocenters. The molecule has 0 aliphatic carbocycles. The van der Waals surface area contributed by atoms with Crippen LogP contribution in [0, 0.1) is 29.5 Å². The van der Waals surface area contributed by atoms with Crippen molar-refractivity contribution in [3.05, 3.63) is 241 Å². The molecule has 0 amide bonds. The van der Waals surface area contributed by atoms with E-state index in [0.29, 0.717) is 16.9 Å². The monoisotopic (exact) mass is 1250 g/mol. The van der Waals surface area contributed by atoms with Crippen LogP contribution in [0.15, 0.2) is 205 Å². The van der Waals surface area contributed by atoms with Gasteiger partial charge in [-0.15, -0.1) is 90.0 Å². The Labute approximate surface area is 491 Å². The van der Waals surface area contributed by atoms with E-state index in [9.17, 15) is 5.26 Å². The minimum atomic E-state index is -1.23. The second-order valence-electron chi connectivity index (χ2n) is 22.8. The quantitative estimate of drug-likeness (QED) is 0.106. The van der Waals surface area contributed by atoms with Crippen molar-refractivity contribution >= 4 is 46.4 Å². The molecule has 0 saturated heterocycles. The molecule has 5 heterocycles. The number of nitrogens with zero attached hydrogens (tertiary/aromatic N) is 6. The Morgan fingerprint density at radius 1 is 0.568 bits per heavy atom. The van der Waals surface area contributed by atoms with Gasteiger partial charge in [0.1, 0.15) is 0 Å². The molecule has 0 saturated carbocycles. The van der Waals surface area contributed by atoms with Gasteiger partial charge in [0.05, 0.1) is 47.8 Å². The van der Waals surface area contributed by atoms with Gasteiger partial charge < -0.3 is 19.0 Å². The number of rotatable bonds is 9. The normalized spacial score (nSPS) is 11.4. The standard InChI is InChI=1S/C43H33N4O.C15H16N.C14H16NSi.Ir/c1-26(2)35-23-31(29-13-6-5-7-14-29)24-36(27(3)4)40(35)47-39-19-9-8-18-38(39)45-42(47)34-17-11-16-32-33-20-21-37(46-43(33)48-41(32)34)30-15-10-12-28(22-30)25-44;1-15(2,3)13-9-10-14(16-11-13)12-7-5-4-6-8-12;1-16(2,3)13-9-10-14(15-11-13)12-7-5-4-6-8-12;/h5-16,18-24,26-27H,1-4H3;2*4-7,9-11H,1-3H3;/q3*-1;+3. The van der Waals surface area contributed by atoms with Crippen molar-refractivity contribution in [3.63, 3.8) is 0 Å². The molecule has 0 aliphatic rings. The first kappa shape index (κ1) is 57.3. The summed E-state index contributed by atoms with van der Waals surface area (Å²) in [6.07, 6.45) is 3.97. The molecular weight excluding hydrogens is 1190 g/mol. The minimum Gasteiger partial charge on any atom is -0.486 e. The van der Waals surface area contributed by atoms with Crippen molar-refractivity contribution in [3.8, 4) is 68.0 Å². The van der Waals surface area contributed by atoms with Gasteiger partial charge in [-0.1, -0.05) is 158 Å². The number of para-hydroxylation sites is 2. The maximum atomic E-state index is 9.43. The van der Waals surface area contributed by atoms with Gasteiger partial charge in [0.25, 0.3) is 0 Å². The largest absolute Gasteiger partial charge is 3.00 e. The Balaban J connectivity index is 0.000000195. The molecule has 0 bridgehead atoms. The van der Waals surface area contributed by atoms with Gasteiger partial charge in [-0.25, -0.2) is 4.98 Å². The van der Waals surface area contributed by atoms with Gasteiger partial charge >= 0.3 is 20.1 Å². The third-order valence-corrected chi connectivity index (χ3v) is 16.4. The zero-order valence-electron chi connectivity index (χ0n) is 47.6. The summed E-state index contributed by atoms with van der Waals surface area (Å²) in [6, 6.07) is 75.6. The van der Waals surface area contributed by atoms with E-state index in [1.54, 1.807) is 6.07 Å². The van der Waals surface area contributed by atoms with E-state index in [-0.39, 0.29) is 37.4 Å². The van der Waals surface area contributed by atoms with E-state index in [0.717, 1.165) is 72.7 Å². The fourth-order valence-corrected chi connectivity index (χ4v) is 10.9. The first-order valence-electron chi connectivity index (χ1n) is 27.4. The van der Waals surface area contributed by atoms with E-state index in [2.05, 4.69) is 192 Å². The number of fused-ring (bicyclic) bond motifs is 4. The molecule has 7 aromatic carbocycles. The summed E-state index contributed by atoms with van der Waals surface area (Å²) >= 11 is 0. The number of furan rings is 1. The number of hydrogen-bond acceptors (Lipinski definition) is 6. The molecule has 81 heavy (non-hydrogen) atoms. The zero-order chi connectivity index (χ0) is 56.1. The minimum absolute atomic E-state index is 0. The van der Waals surface area contributed by atoms with Crippen LogP contribution in [0.3, 0.4) is 0 Å². The molecular formula is C72H65IrN6OSi. The predicted octanol–water partition coefficient (Wildman–Crippen LogP) is 18.2. The fourth-order valence-electron chi connectivity index (χ4n) is 9.83. The SMILES string of the molecule is CC(C)(C)c1ccc(-c2[c-]cccc2)nc1.CC(C)c1cc(-c2ccccc2)cc(C(C)C)c1-n1c(-c2[c-]ccc3c2oc2nc(-c4cccc(C#N)c4)ccc23)nc2ccccc21.C[Si](C)(C)c1ccc(-c2[c-]cccc2)nc1.[Ir+3]. The van der Waals surface area contributed by atoms with E-state index in [4.69, 9.17) is 14.4 Å². The van der Waals surface area contributed by atoms with Gasteiger partial charge in [0, 0.05) is 29.0 Å². The van der Waals surface area contributed by atoms with Crippen LogP contribution in [-0.4, -0.2) is 32.6 Å². The van der Waals surface area contributed by atoms with Crippen molar-refractivity contribution in [2.24, 2.45) is 0 Å². The number of aromatic nitrogens is 5. The van der Waals surface area contributed by atoms with Gasteiger partial charge in [-0.05, 0) is 110 Å². The summed E-state index contributed by atoms with van der Waals surface area (Å²) < 4.78 is 8.93. The van der Waals surface area contributed by atoms with Crippen LogP contribution in [0.4, 0.5) is 0 Å². The molecule has 0 N–H and O–H groups in total. The number of hydrogen-bond donors (Lipinski definition) is 0. The molecule has 0 spiro atoms. The molecule has 402 valence electrons. The second kappa shape index (κ2) is 24.5. The first-order chi connectivity index (χ1) is 38.5. The van der Waals surface area contributed by atoms with Crippen molar-refractivity contribution in [1.29, 1.82) is 5.26 Å². The van der Waals surface area contributed by atoms with Crippen LogP contribution in [0.5, 0.6) is 0 Å². The number of pyridine rings is 3. The molecule has 9 heteroatoms. The average molecular weight is 1250 g/mol. The van der Waals surface area contributed by atoms with E-state index >= 15 is 0 Å². The molecule has 5 aromatic heterocycles. The van der Waals surface area contributed by atoms with Gasteiger partial charge in [0.2, 0.25) is 5.71 Å². The number of nitriles is 1. The summed E-state index contributed by atoms with van der Waals surface area (Å²) in [5.74, 6) is 1.28. The second-order valence-corrected chi connectivity index (χ2v) is 27.9. The maximum Gasteiger partial charge on any atom is 3.00 e. The third-order valence-electron chi connectivity index (χ3n) is 14.3. The summed E-state index contributed by atoms with van der Waals surface area (Å²) in [7, 11) is -1.23.